The van der Waals surface area contributed by atoms with Crippen LogP contribution in [0.5, 0.6) is 0 Å². The molecule has 0 unspecified atom stereocenters. The molecule has 0 aliphatic carbocycles. The molecule has 9 nitrogen and oxygen atoms in total. The number of pyridine rings is 1. The zero-order valence-corrected chi connectivity index (χ0v) is 29.4. The number of hydrogen-bond acceptors (Lipinski definition) is 4. The van der Waals surface area contributed by atoms with Crippen molar-refractivity contribution in [1.29, 1.82) is 0 Å². The van der Waals surface area contributed by atoms with Crippen molar-refractivity contribution in [2.45, 2.75) is 55.4 Å². The van der Waals surface area contributed by atoms with Crippen LogP contribution in [0.2, 0.25) is 0 Å². The first-order chi connectivity index (χ1) is 20.5. The second-order valence-electron chi connectivity index (χ2n) is 10.7. The van der Waals surface area contributed by atoms with Crippen molar-refractivity contribution in [1.82, 2.24) is 34.7 Å². The number of imidazole rings is 2. The van der Waals surface area contributed by atoms with E-state index in [1.54, 1.807) is 12.3 Å². The van der Waals surface area contributed by atoms with E-state index in [2.05, 4.69) is 127 Å². The zero-order chi connectivity index (χ0) is 31.3. The fraction of sp³-hybridized carbons (Fsp3) is 0.294. The van der Waals surface area contributed by atoms with E-state index in [0.717, 1.165) is 11.4 Å². The van der Waals surface area contributed by atoms with E-state index in [4.69, 9.17) is 0 Å². The first-order valence-electron chi connectivity index (χ1n) is 14.0. The van der Waals surface area contributed by atoms with Crippen molar-refractivity contribution < 1.29 is 29.2 Å². The zero-order valence-electron chi connectivity index (χ0n) is 27.0. The molecule has 4 aromatic heterocycles. The molecular weight excluding hydrogens is 727 g/mol. The Kier molecular flexibility index (Phi) is 11.6. The van der Waals surface area contributed by atoms with Gasteiger partial charge >= 0.3 is 0 Å². The number of tetrazole rings is 1. The van der Waals surface area contributed by atoms with E-state index >= 15 is 0 Å². The molecular formula is C34H38IrN9-3. The molecule has 6 aromatic rings. The summed E-state index contributed by atoms with van der Waals surface area (Å²) in [5, 5.41) is 14.0. The Labute approximate surface area is 274 Å². The molecule has 10 heteroatoms. The average molecular weight is 765 g/mol. The molecule has 4 heterocycles. The standard InChI is InChI=1S/2C14H17N2.C6H4N5.Ir/c2*1-10-6-7-14(11(2)8-10)16-9-15(5)12(3)13(16)4;1-2-4-7-5(3-1)6-8-10-11-9-6;/h2*6,8H,1-5H3;1-4H;/q3*-1;. The molecule has 0 N–H and O–H groups in total. The van der Waals surface area contributed by atoms with Crippen molar-refractivity contribution in [2.24, 2.45) is 14.1 Å². The minimum absolute atomic E-state index is 0. The van der Waals surface area contributed by atoms with E-state index in [1.807, 2.05) is 47.5 Å². The van der Waals surface area contributed by atoms with Crippen LogP contribution in [-0.2, 0) is 34.2 Å². The van der Waals surface area contributed by atoms with Gasteiger partial charge in [-0.3, -0.25) is 15.3 Å². The molecule has 231 valence electrons. The van der Waals surface area contributed by atoms with E-state index in [1.165, 1.54) is 45.0 Å². The third-order valence-corrected chi connectivity index (χ3v) is 7.39. The van der Waals surface area contributed by atoms with Gasteiger partial charge in [-0.15, -0.1) is 0 Å². The fourth-order valence-corrected chi connectivity index (χ4v) is 4.56. The van der Waals surface area contributed by atoms with E-state index in [0.29, 0.717) is 11.5 Å². The first kappa shape index (κ1) is 34.2. The van der Waals surface area contributed by atoms with Crippen molar-refractivity contribution >= 4 is 0 Å². The molecule has 0 aliphatic heterocycles. The Morgan fingerprint density at radius 1 is 0.727 bits per heavy atom. The van der Waals surface area contributed by atoms with E-state index in [-0.39, 0.29) is 20.1 Å². The molecule has 0 saturated carbocycles. The molecule has 0 fully saturated rings. The van der Waals surface area contributed by atoms with Crippen molar-refractivity contribution in [3.8, 4) is 22.9 Å². The van der Waals surface area contributed by atoms with Crippen LogP contribution in [0.1, 0.15) is 45.0 Å². The Morgan fingerprint density at radius 2 is 1.23 bits per heavy atom. The largest absolute Gasteiger partial charge is 0.345 e. The van der Waals surface area contributed by atoms with Gasteiger partial charge in [0, 0.05) is 49.1 Å². The summed E-state index contributed by atoms with van der Waals surface area (Å²) in [6, 6.07) is 20.5. The number of aromatic nitrogens is 9. The summed E-state index contributed by atoms with van der Waals surface area (Å²) in [6.07, 6.45) is 8.25. The van der Waals surface area contributed by atoms with Gasteiger partial charge in [-0.2, -0.15) is 63.9 Å². The van der Waals surface area contributed by atoms with Gasteiger partial charge in [-0.25, -0.2) is 0 Å². The Bertz CT molecular complexity index is 1720. The topological polar surface area (TPSA) is 83.3 Å². The molecule has 0 amide bonds. The number of benzene rings is 2. The van der Waals surface area contributed by atoms with E-state index in [9.17, 15) is 0 Å². The molecule has 0 saturated heterocycles. The smallest absolute Gasteiger partial charge is 0.241 e. The molecule has 0 bridgehead atoms. The maximum Gasteiger partial charge on any atom is 0.241 e. The van der Waals surface area contributed by atoms with Gasteiger partial charge in [-0.05, 0) is 39.8 Å². The van der Waals surface area contributed by atoms with Crippen molar-refractivity contribution in [3.63, 3.8) is 0 Å². The van der Waals surface area contributed by atoms with E-state index < -0.39 is 0 Å². The van der Waals surface area contributed by atoms with Gasteiger partial charge in [0.05, 0.1) is 25.6 Å². The van der Waals surface area contributed by atoms with Crippen LogP contribution in [-0.4, -0.2) is 29.6 Å². The molecule has 1 radical (unpaired) electrons. The molecule has 6 rings (SSSR count). The summed E-state index contributed by atoms with van der Waals surface area (Å²) >= 11 is 0. The summed E-state index contributed by atoms with van der Waals surface area (Å²) in [5.74, 6) is 0.464. The van der Waals surface area contributed by atoms with Crippen LogP contribution >= 0.6 is 0 Å². The minimum Gasteiger partial charge on any atom is -0.345 e. The summed E-state index contributed by atoms with van der Waals surface area (Å²) in [5.41, 5.74) is 12.7. The second-order valence-corrected chi connectivity index (χ2v) is 10.7. The van der Waals surface area contributed by atoms with Crippen molar-refractivity contribution in [3.05, 3.63) is 118 Å². The summed E-state index contributed by atoms with van der Waals surface area (Å²) < 4.78 is 8.18. The predicted molar refractivity (Wildman–Crippen MR) is 164 cm³/mol. The van der Waals surface area contributed by atoms with Gasteiger partial charge in [0.2, 0.25) is 12.7 Å². The Hall–Kier alpha value is -4.27. The normalized spacial score (nSPS) is 10.3. The maximum absolute atomic E-state index is 4.02. The number of nitrogens with zero attached hydrogens (tertiary/aromatic N) is 9. The van der Waals surface area contributed by atoms with Gasteiger partial charge in [0.25, 0.3) is 0 Å². The van der Waals surface area contributed by atoms with Gasteiger partial charge in [-0.1, -0.05) is 45.1 Å². The van der Waals surface area contributed by atoms with Gasteiger partial charge in [0.1, 0.15) is 0 Å². The number of hydrogen-bond donors (Lipinski definition) is 0. The number of rotatable bonds is 3. The second kappa shape index (κ2) is 14.9. The van der Waals surface area contributed by atoms with Crippen LogP contribution in [0.4, 0.5) is 0 Å². The molecule has 0 aliphatic rings. The third kappa shape index (κ3) is 7.81. The van der Waals surface area contributed by atoms with Gasteiger partial charge in [0.15, 0.2) is 0 Å². The first-order valence-corrected chi connectivity index (χ1v) is 14.0. The van der Waals surface area contributed by atoms with Crippen LogP contribution in [0.25, 0.3) is 22.9 Å². The monoisotopic (exact) mass is 765 g/mol. The molecule has 44 heavy (non-hydrogen) atoms. The average Bonchev–Trinajstić information content (AvgIpc) is 3.68. The Balaban J connectivity index is 0.000000181. The van der Waals surface area contributed by atoms with Crippen molar-refractivity contribution in [2.75, 3.05) is 0 Å². The van der Waals surface area contributed by atoms with Crippen LogP contribution in [0.3, 0.4) is 0 Å². The fourth-order valence-electron chi connectivity index (χ4n) is 4.56. The summed E-state index contributed by atoms with van der Waals surface area (Å²) in [7, 11) is 4.03. The molecule has 0 spiro atoms. The molecule has 0 atom stereocenters. The summed E-state index contributed by atoms with van der Waals surface area (Å²) in [4.78, 5) is 4.02. The van der Waals surface area contributed by atoms with Crippen LogP contribution < -0.4 is 14.2 Å². The van der Waals surface area contributed by atoms with Gasteiger partial charge < -0.3 is 23.4 Å². The SMILES string of the molecule is Cc1c[c-]c(-n2[c-][n+](C)c(C)c2C)c(C)c1.Cc1c[c-]c(-n2[c-][n+](C)c(C)c2C)c(C)c1.[Ir].c1ccc(-c2nnn[n-]2)nc1. The quantitative estimate of drug-likeness (QED) is 0.200. The summed E-state index contributed by atoms with van der Waals surface area (Å²) in [6.45, 7) is 16.8. The van der Waals surface area contributed by atoms with Crippen LogP contribution in [0, 0.1) is 80.2 Å². The van der Waals surface area contributed by atoms with Crippen LogP contribution in [0.15, 0.2) is 48.7 Å². The maximum atomic E-state index is 4.02. The predicted octanol–water partition coefficient (Wildman–Crippen LogP) is 4.16. The number of aryl methyl sites for hydroxylation is 6. The minimum atomic E-state index is 0. The third-order valence-electron chi connectivity index (χ3n) is 7.39. The molecule has 2 aromatic carbocycles. The Morgan fingerprint density at radius 3 is 1.57 bits per heavy atom.